The second kappa shape index (κ2) is 12.5. The van der Waals surface area contributed by atoms with E-state index in [1.54, 1.807) is 6.20 Å². The molecule has 2 aromatic rings. The van der Waals surface area contributed by atoms with Gasteiger partial charge in [0.25, 0.3) is 0 Å². The second-order valence-corrected chi connectivity index (χ2v) is 8.36. The SMILES string of the molecule is CCCCCCCc1ccc(-c2ccc(C(=O)CCCCC(C)C)cn2)cc1. The molecule has 0 radical (unpaired) electrons. The van der Waals surface area contributed by atoms with Crippen LogP contribution in [0.5, 0.6) is 0 Å². The van der Waals surface area contributed by atoms with Crippen LogP contribution < -0.4 is 0 Å². The van der Waals surface area contributed by atoms with Gasteiger partial charge in [-0.05, 0) is 42.9 Å². The Morgan fingerprint density at radius 2 is 1.64 bits per heavy atom. The number of hydrogen-bond acceptors (Lipinski definition) is 2. The Hall–Kier alpha value is -1.96. The molecule has 0 aliphatic heterocycles. The Labute approximate surface area is 171 Å². The third-order valence-electron chi connectivity index (χ3n) is 5.34. The molecule has 0 saturated carbocycles. The molecule has 0 unspecified atom stereocenters. The van der Waals surface area contributed by atoms with Gasteiger partial charge in [-0.2, -0.15) is 0 Å². The number of benzene rings is 1. The highest BCUT2D eigenvalue weighted by atomic mass is 16.1. The molecule has 28 heavy (non-hydrogen) atoms. The summed E-state index contributed by atoms with van der Waals surface area (Å²) >= 11 is 0. The summed E-state index contributed by atoms with van der Waals surface area (Å²) in [6, 6.07) is 12.6. The molecule has 0 amide bonds. The molecule has 2 nitrogen and oxygen atoms in total. The van der Waals surface area contributed by atoms with Crippen LogP contribution in [0.15, 0.2) is 42.6 Å². The topological polar surface area (TPSA) is 30.0 Å². The zero-order chi connectivity index (χ0) is 20.2. The van der Waals surface area contributed by atoms with E-state index in [1.807, 2.05) is 12.1 Å². The lowest BCUT2D eigenvalue weighted by Crippen LogP contribution is -2.00. The summed E-state index contributed by atoms with van der Waals surface area (Å²) in [5.74, 6) is 0.921. The number of aryl methyl sites for hydroxylation is 1. The van der Waals surface area contributed by atoms with Gasteiger partial charge in [0.1, 0.15) is 0 Å². The molecular formula is C26H37NO. The molecule has 1 aromatic carbocycles. The number of Topliss-reactive ketones (excluding diaryl/α,β-unsaturated/α-hetero) is 1. The van der Waals surface area contributed by atoms with Crippen LogP contribution in [0.4, 0.5) is 0 Å². The van der Waals surface area contributed by atoms with Gasteiger partial charge in [0.15, 0.2) is 5.78 Å². The minimum atomic E-state index is 0.209. The standard InChI is InChI=1S/C26H37NO/c1-4-5-6-7-8-12-22-14-16-23(17-15-22)25-19-18-24(20-27-25)26(28)13-10-9-11-21(2)3/h14-21H,4-13H2,1-3H3. The van der Waals surface area contributed by atoms with E-state index in [-0.39, 0.29) is 5.78 Å². The number of carbonyl (C=O) groups excluding carboxylic acids is 1. The van der Waals surface area contributed by atoms with Crippen LogP contribution in [0.3, 0.4) is 0 Å². The van der Waals surface area contributed by atoms with Gasteiger partial charge < -0.3 is 0 Å². The minimum absolute atomic E-state index is 0.209. The highest BCUT2D eigenvalue weighted by Crippen LogP contribution is 2.20. The number of hydrogen-bond donors (Lipinski definition) is 0. The minimum Gasteiger partial charge on any atom is -0.294 e. The number of ketones is 1. The fourth-order valence-electron chi connectivity index (χ4n) is 3.49. The van der Waals surface area contributed by atoms with E-state index in [4.69, 9.17) is 0 Å². The average Bonchev–Trinajstić information content (AvgIpc) is 2.71. The Morgan fingerprint density at radius 3 is 2.29 bits per heavy atom. The Morgan fingerprint density at radius 1 is 0.893 bits per heavy atom. The van der Waals surface area contributed by atoms with Crippen molar-refractivity contribution in [1.82, 2.24) is 4.98 Å². The van der Waals surface area contributed by atoms with Crippen molar-refractivity contribution in [2.75, 3.05) is 0 Å². The number of nitrogens with zero attached hydrogens (tertiary/aromatic N) is 1. The number of rotatable bonds is 13. The van der Waals surface area contributed by atoms with E-state index in [1.165, 1.54) is 44.1 Å². The summed E-state index contributed by atoms with van der Waals surface area (Å²) in [6.45, 7) is 6.71. The van der Waals surface area contributed by atoms with Crippen molar-refractivity contribution in [2.45, 2.75) is 85.0 Å². The van der Waals surface area contributed by atoms with Gasteiger partial charge in [0.2, 0.25) is 0 Å². The third-order valence-corrected chi connectivity index (χ3v) is 5.34. The van der Waals surface area contributed by atoms with E-state index in [9.17, 15) is 4.79 Å². The van der Waals surface area contributed by atoms with Crippen LogP contribution in [0.2, 0.25) is 0 Å². The summed E-state index contributed by atoms with van der Waals surface area (Å²) < 4.78 is 0. The lowest BCUT2D eigenvalue weighted by Gasteiger charge is -2.06. The van der Waals surface area contributed by atoms with Gasteiger partial charge in [-0.3, -0.25) is 9.78 Å². The maximum absolute atomic E-state index is 12.3. The second-order valence-electron chi connectivity index (χ2n) is 8.36. The van der Waals surface area contributed by atoms with Crippen molar-refractivity contribution in [1.29, 1.82) is 0 Å². The van der Waals surface area contributed by atoms with Gasteiger partial charge in [0.05, 0.1) is 5.69 Å². The van der Waals surface area contributed by atoms with E-state index in [0.29, 0.717) is 12.3 Å². The Bertz CT molecular complexity index is 685. The fraction of sp³-hybridized carbons (Fsp3) is 0.538. The van der Waals surface area contributed by atoms with E-state index in [2.05, 4.69) is 50.0 Å². The van der Waals surface area contributed by atoms with Crippen molar-refractivity contribution in [3.63, 3.8) is 0 Å². The molecule has 152 valence electrons. The van der Waals surface area contributed by atoms with Crippen LogP contribution in [0.25, 0.3) is 11.3 Å². The summed E-state index contributed by atoms with van der Waals surface area (Å²) in [5, 5.41) is 0. The molecule has 0 aliphatic carbocycles. The molecule has 2 rings (SSSR count). The molecule has 1 heterocycles. The van der Waals surface area contributed by atoms with Crippen molar-refractivity contribution < 1.29 is 4.79 Å². The molecule has 1 aromatic heterocycles. The molecule has 0 bridgehead atoms. The third kappa shape index (κ3) is 7.96. The predicted molar refractivity (Wildman–Crippen MR) is 120 cm³/mol. The molecule has 0 saturated heterocycles. The number of pyridine rings is 1. The Balaban J connectivity index is 1.82. The van der Waals surface area contributed by atoms with Gasteiger partial charge in [-0.25, -0.2) is 0 Å². The first-order valence-electron chi connectivity index (χ1n) is 11.2. The number of aromatic nitrogens is 1. The van der Waals surface area contributed by atoms with Gasteiger partial charge in [-0.15, -0.1) is 0 Å². The summed E-state index contributed by atoms with van der Waals surface area (Å²) in [7, 11) is 0. The normalized spacial score (nSPS) is 11.1. The smallest absolute Gasteiger partial charge is 0.164 e. The summed E-state index contributed by atoms with van der Waals surface area (Å²) in [4.78, 5) is 16.8. The van der Waals surface area contributed by atoms with Gasteiger partial charge in [-0.1, -0.05) is 83.6 Å². The zero-order valence-corrected chi connectivity index (χ0v) is 18.0. The zero-order valence-electron chi connectivity index (χ0n) is 18.0. The number of carbonyl (C=O) groups is 1. The van der Waals surface area contributed by atoms with Crippen molar-refractivity contribution in [3.05, 3.63) is 53.7 Å². The van der Waals surface area contributed by atoms with Gasteiger partial charge in [0, 0.05) is 23.7 Å². The predicted octanol–water partition coefficient (Wildman–Crippen LogP) is 7.66. The fourth-order valence-corrected chi connectivity index (χ4v) is 3.49. The van der Waals surface area contributed by atoms with Crippen molar-refractivity contribution >= 4 is 5.78 Å². The molecule has 0 spiro atoms. The first-order chi connectivity index (χ1) is 13.6. The first kappa shape index (κ1) is 22.3. The Kier molecular flexibility index (Phi) is 9.96. The lowest BCUT2D eigenvalue weighted by molar-refractivity contribution is 0.0978. The molecule has 0 atom stereocenters. The molecule has 0 aliphatic rings. The highest BCUT2D eigenvalue weighted by Gasteiger charge is 2.08. The molecule has 0 N–H and O–H groups in total. The van der Waals surface area contributed by atoms with Crippen molar-refractivity contribution in [2.24, 2.45) is 5.92 Å². The molecule has 0 fully saturated rings. The van der Waals surface area contributed by atoms with E-state index < -0.39 is 0 Å². The quantitative estimate of drug-likeness (QED) is 0.264. The number of unbranched alkanes of at least 4 members (excludes halogenated alkanes) is 5. The maximum atomic E-state index is 12.3. The summed E-state index contributed by atoms with van der Waals surface area (Å²) in [6.07, 6.45) is 13.4. The summed E-state index contributed by atoms with van der Waals surface area (Å²) in [5.41, 5.74) is 4.18. The van der Waals surface area contributed by atoms with Crippen LogP contribution in [0, 0.1) is 5.92 Å². The lowest BCUT2D eigenvalue weighted by atomic mass is 10.0. The van der Waals surface area contributed by atoms with Crippen LogP contribution >= 0.6 is 0 Å². The molecule has 2 heteroatoms. The van der Waals surface area contributed by atoms with Crippen molar-refractivity contribution in [3.8, 4) is 11.3 Å². The van der Waals surface area contributed by atoms with Crippen LogP contribution in [-0.4, -0.2) is 10.8 Å². The monoisotopic (exact) mass is 379 g/mol. The van der Waals surface area contributed by atoms with Crippen LogP contribution in [0.1, 0.15) is 94.5 Å². The first-order valence-corrected chi connectivity index (χ1v) is 11.2. The average molecular weight is 380 g/mol. The highest BCUT2D eigenvalue weighted by molar-refractivity contribution is 5.95. The van der Waals surface area contributed by atoms with E-state index in [0.717, 1.165) is 36.1 Å². The van der Waals surface area contributed by atoms with Crippen LogP contribution in [-0.2, 0) is 6.42 Å². The largest absolute Gasteiger partial charge is 0.294 e. The molecular weight excluding hydrogens is 342 g/mol. The van der Waals surface area contributed by atoms with E-state index >= 15 is 0 Å². The maximum Gasteiger partial charge on any atom is 0.164 e. The van der Waals surface area contributed by atoms with Gasteiger partial charge >= 0.3 is 0 Å².